The van der Waals surface area contributed by atoms with Crippen molar-refractivity contribution in [3.05, 3.63) is 78.6 Å². The number of hydrogen-bond donors (Lipinski definition) is 1. The van der Waals surface area contributed by atoms with E-state index in [-0.39, 0.29) is 29.5 Å². The Morgan fingerprint density at radius 1 is 1.03 bits per heavy atom. The molecule has 10 heteroatoms. The summed E-state index contributed by atoms with van der Waals surface area (Å²) in [6.07, 6.45) is -2.06. The van der Waals surface area contributed by atoms with Gasteiger partial charge in [-0.2, -0.15) is 13.2 Å². The van der Waals surface area contributed by atoms with Gasteiger partial charge in [-0.1, -0.05) is 24.3 Å². The average molecular weight is 438 g/mol. The highest BCUT2D eigenvalue weighted by Crippen LogP contribution is 2.33. The van der Waals surface area contributed by atoms with Crippen LogP contribution in [0.25, 0.3) is 0 Å². The molecule has 0 aliphatic heterocycles. The van der Waals surface area contributed by atoms with Crippen molar-refractivity contribution in [1.29, 1.82) is 0 Å². The molecule has 0 aliphatic carbocycles. The van der Waals surface area contributed by atoms with Crippen molar-refractivity contribution in [1.82, 2.24) is 4.98 Å². The molecule has 0 fully saturated rings. The number of ether oxygens (including phenoxy) is 1. The Labute approximate surface area is 171 Å². The van der Waals surface area contributed by atoms with Gasteiger partial charge in [-0.15, -0.1) is 0 Å². The van der Waals surface area contributed by atoms with E-state index in [9.17, 15) is 26.7 Å². The number of aromatic nitrogens is 1. The second-order valence-electron chi connectivity index (χ2n) is 6.31. The number of hydrogen-bond acceptors (Lipinski definition) is 5. The van der Waals surface area contributed by atoms with Crippen molar-refractivity contribution >= 4 is 15.7 Å². The minimum Gasteiger partial charge on any atom is -0.504 e. The Morgan fingerprint density at radius 3 is 2.47 bits per heavy atom. The van der Waals surface area contributed by atoms with Crippen LogP contribution in [0.2, 0.25) is 0 Å². The first kappa shape index (κ1) is 21.4. The Hall–Kier alpha value is -3.27. The van der Waals surface area contributed by atoms with Crippen LogP contribution in [0.1, 0.15) is 5.56 Å². The second-order valence-corrected chi connectivity index (χ2v) is 8.20. The lowest BCUT2D eigenvalue weighted by Crippen LogP contribution is -2.37. The molecule has 1 N–H and O–H groups in total. The van der Waals surface area contributed by atoms with E-state index in [0.717, 1.165) is 0 Å². The van der Waals surface area contributed by atoms with Gasteiger partial charge in [0.25, 0.3) is 0 Å². The lowest BCUT2D eigenvalue weighted by atomic mass is 10.2. The number of para-hydroxylation sites is 2. The first-order valence-electron chi connectivity index (χ1n) is 8.66. The summed E-state index contributed by atoms with van der Waals surface area (Å²) in [4.78, 5) is 3.87. The minimum absolute atomic E-state index is 0.0176. The third-order valence-electron chi connectivity index (χ3n) is 3.93. The molecule has 0 bridgehead atoms. The number of anilines is 1. The van der Waals surface area contributed by atoms with E-state index >= 15 is 0 Å². The zero-order valence-electron chi connectivity index (χ0n) is 15.5. The van der Waals surface area contributed by atoms with Gasteiger partial charge in [0.15, 0.2) is 17.3 Å². The van der Waals surface area contributed by atoms with Crippen LogP contribution in [0, 0.1) is 0 Å². The number of sulfonamides is 1. The third kappa shape index (κ3) is 5.63. The van der Waals surface area contributed by atoms with E-state index in [0.29, 0.717) is 9.87 Å². The predicted octanol–water partition coefficient (Wildman–Crippen LogP) is 4.48. The quantitative estimate of drug-likeness (QED) is 0.589. The summed E-state index contributed by atoms with van der Waals surface area (Å²) in [5, 5.41) is 9.84. The Bertz CT molecular complexity index is 1110. The fourth-order valence-electron chi connectivity index (χ4n) is 2.67. The molecule has 6 nitrogen and oxygen atoms in total. The van der Waals surface area contributed by atoms with Gasteiger partial charge in [0.1, 0.15) is 5.75 Å². The third-order valence-corrected chi connectivity index (χ3v) is 5.63. The van der Waals surface area contributed by atoms with Crippen molar-refractivity contribution in [3.63, 3.8) is 0 Å². The molecule has 3 rings (SSSR count). The van der Waals surface area contributed by atoms with Crippen molar-refractivity contribution < 1.29 is 31.4 Å². The summed E-state index contributed by atoms with van der Waals surface area (Å²) >= 11 is 0. The molecule has 1 aromatic heterocycles. The Kier molecular flexibility index (Phi) is 6.16. The number of nitrogens with zero attached hydrogens (tertiary/aromatic N) is 2. The first-order valence-corrected chi connectivity index (χ1v) is 10.3. The largest absolute Gasteiger partial charge is 0.504 e. The molecule has 0 saturated carbocycles. The molecule has 0 atom stereocenters. The number of phenolic OH excluding ortho intramolecular Hbond substituents is 1. The first-order chi connectivity index (χ1) is 14.1. The molecule has 0 unspecified atom stereocenters. The van der Waals surface area contributed by atoms with Gasteiger partial charge in [-0.05, 0) is 35.9 Å². The van der Waals surface area contributed by atoms with Gasteiger partial charge >= 0.3 is 6.18 Å². The molecule has 1 heterocycles. The molecular formula is C20H17F3N2O4S. The Balaban J connectivity index is 1.98. The van der Waals surface area contributed by atoms with E-state index in [2.05, 4.69) is 4.98 Å². The number of aromatic hydroxyl groups is 1. The standard InChI is InChI=1S/C20H17F3N2O4S/c21-20(22,23)14-30(27,28)25(13-15-5-4-10-24-12-15)16-6-3-7-17(11-16)29-19-9-2-1-8-18(19)26/h1-12,26H,13-14H2. The van der Waals surface area contributed by atoms with Crippen LogP contribution >= 0.6 is 0 Å². The lowest BCUT2D eigenvalue weighted by molar-refractivity contribution is -0.106. The summed E-state index contributed by atoms with van der Waals surface area (Å²) < 4.78 is 70.1. The summed E-state index contributed by atoms with van der Waals surface area (Å²) in [6, 6.07) is 14.8. The summed E-state index contributed by atoms with van der Waals surface area (Å²) in [5.41, 5.74) is 0.395. The summed E-state index contributed by atoms with van der Waals surface area (Å²) in [5.74, 6) is -1.89. The topological polar surface area (TPSA) is 79.7 Å². The van der Waals surface area contributed by atoms with E-state index < -0.39 is 22.0 Å². The zero-order chi connectivity index (χ0) is 21.8. The number of alkyl halides is 3. The minimum atomic E-state index is -4.91. The van der Waals surface area contributed by atoms with Crippen molar-refractivity contribution in [2.45, 2.75) is 12.7 Å². The summed E-state index contributed by atoms with van der Waals surface area (Å²) in [7, 11) is -4.75. The number of pyridine rings is 1. The van der Waals surface area contributed by atoms with E-state index in [1.807, 2.05) is 0 Å². The van der Waals surface area contributed by atoms with E-state index in [1.165, 1.54) is 48.8 Å². The summed E-state index contributed by atoms with van der Waals surface area (Å²) in [6.45, 7) is -0.341. The van der Waals surface area contributed by atoms with Gasteiger partial charge in [-0.25, -0.2) is 8.42 Å². The van der Waals surface area contributed by atoms with Crippen LogP contribution in [0.4, 0.5) is 18.9 Å². The van der Waals surface area contributed by atoms with Crippen LogP contribution < -0.4 is 9.04 Å². The highest BCUT2D eigenvalue weighted by atomic mass is 32.2. The fourth-order valence-corrected chi connectivity index (χ4v) is 4.02. The van der Waals surface area contributed by atoms with E-state index in [4.69, 9.17) is 4.74 Å². The highest BCUT2D eigenvalue weighted by Gasteiger charge is 2.38. The van der Waals surface area contributed by atoms with Gasteiger partial charge in [0.2, 0.25) is 10.0 Å². The Morgan fingerprint density at radius 2 is 1.80 bits per heavy atom. The van der Waals surface area contributed by atoms with Crippen LogP contribution in [0.5, 0.6) is 17.2 Å². The number of phenols is 1. The maximum absolute atomic E-state index is 12.9. The molecule has 3 aromatic rings. The maximum Gasteiger partial charge on any atom is 0.404 e. The van der Waals surface area contributed by atoms with Crippen LogP contribution in [-0.4, -0.2) is 30.4 Å². The number of halogens is 3. The molecule has 158 valence electrons. The molecule has 2 aromatic carbocycles. The van der Waals surface area contributed by atoms with Gasteiger partial charge in [0, 0.05) is 18.5 Å². The van der Waals surface area contributed by atoms with Crippen LogP contribution in [0.3, 0.4) is 0 Å². The lowest BCUT2D eigenvalue weighted by Gasteiger charge is -2.25. The smallest absolute Gasteiger partial charge is 0.404 e. The van der Waals surface area contributed by atoms with Crippen LogP contribution in [-0.2, 0) is 16.6 Å². The SMILES string of the molecule is O=S(=O)(CC(F)(F)F)N(Cc1cccnc1)c1cccc(Oc2ccccc2O)c1. The number of rotatable bonds is 7. The molecule has 0 spiro atoms. The van der Waals surface area contributed by atoms with Crippen molar-refractivity contribution in [2.75, 3.05) is 10.1 Å². The van der Waals surface area contributed by atoms with Crippen LogP contribution in [0.15, 0.2) is 73.1 Å². The maximum atomic E-state index is 12.9. The second kappa shape index (κ2) is 8.62. The zero-order valence-corrected chi connectivity index (χ0v) is 16.3. The van der Waals surface area contributed by atoms with Crippen molar-refractivity contribution in [3.8, 4) is 17.2 Å². The van der Waals surface area contributed by atoms with Crippen molar-refractivity contribution in [2.24, 2.45) is 0 Å². The highest BCUT2D eigenvalue weighted by molar-refractivity contribution is 7.92. The monoisotopic (exact) mass is 438 g/mol. The molecule has 30 heavy (non-hydrogen) atoms. The molecule has 0 amide bonds. The normalized spacial score (nSPS) is 11.8. The van der Waals surface area contributed by atoms with Gasteiger partial charge in [-0.3, -0.25) is 9.29 Å². The molecule has 0 radical (unpaired) electrons. The molecular weight excluding hydrogens is 421 g/mol. The molecule has 0 aliphatic rings. The number of benzene rings is 2. The molecule has 0 saturated heterocycles. The average Bonchev–Trinajstić information content (AvgIpc) is 2.67. The van der Waals surface area contributed by atoms with E-state index in [1.54, 1.807) is 24.3 Å². The van der Waals surface area contributed by atoms with Gasteiger partial charge < -0.3 is 9.84 Å². The predicted molar refractivity (Wildman–Crippen MR) is 105 cm³/mol. The fraction of sp³-hybridized carbons (Fsp3) is 0.150. The van der Waals surface area contributed by atoms with Gasteiger partial charge in [0.05, 0.1) is 12.2 Å².